The van der Waals surface area contributed by atoms with E-state index in [1.807, 2.05) is 0 Å². The van der Waals surface area contributed by atoms with Gasteiger partial charge in [0, 0.05) is 13.1 Å². The van der Waals surface area contributed by atoms with Gasteiger partial charge in [0.25, 0.3) is 0 Å². The van der Waals surface area contributed by atoms with E-state index in [0.29, 0.717) is 5.92 Å². The van der Waals surface area contributed by atoms with Crippen LogP contribution < -0.4 is 0 Å². The first-order valence-electron chi connectivity index (χ1n) is 8.37. The second-order valence-corrected chi connectivity index (χ2v) is 6.39. The van der Waals surface area contributed by atoms with Crippen molar-refractivity contribution in [3.05, 3.63) is 35.4 Å². The van der Waals surface area contributed by atoms with Gasteiger partial charge in [0.15, 0.2) is 0 Å². The van der Waals surface area contributed by atoms with Gasteiger partial charge in [-0.25, -0.2) is 0 Å². The van der Waals surface area contributed by atoms with E-state index in [0.717, 1.165) is 32.7 Å². The van der Waals surface area contributed by atoms with Crippen molar-refractivity contribution in [3.8, 4) is 0 Å². The molecule has 21 heavy (non-hydrogen) atoms. The molecule has 0 saturated carbocycles. The average Bonchev–Trinajstić information content (AvgIpc) is 2.55. The topological polar surface area (TPSA) is 32.7 Å². The summed E-state index contributed by atoms with van der Waals surface area (Å²) in [5.74, 6) is 0.491. The summed E-state index contributed by atoms with van der Waals surface area (Å²) in [6, 6.07) is 8.73. The molecule has 0 radical (unpaired) electrons. The number of aryl methyl sites for hydroxylation is 1. The van der Waals surface area contributed by atoms with E-state index in [9.17, 15) is 5.11 Å². The highest BCUT2D eigenvalue weighted by Crippen LogP contribution is 2.35. The van der Waals surface area contributed by atoms with Gasteiger partial charge in [0.05, 0.1) is 18.8 Å². The lowest BCUT2D eigenvalue weighted by atomic mass is 9.79. The van der Waals surface area contributed by atoms with E-state index in [4.69, 9.17) is 4.74 Å². The highest BCUT2D eigenvalue weighted by Gasteiger charge is 2.30. The molecule has 3 nitrogen and oxygen atoms in total. The molecule has 1 aromatic rings. The molecule has 1 aliphatic heterocycles. The van der Waals surface area contributed by atoms with Crippen LogP contribution in [0.4, 0.5) is 0 Å². The second-order valence-electron chi connectivity index (χ2n) is 6.39. The van der Waals surface area contributed by atoms with E-state index in [1.54, 1.807) is 0 Å². The number of morpholine rings is 1. The van der Waals surface area contributed by atoms with Crippen molar-refractivity contribution in [2.24, 2.45) is 0 Å². The lowest BCUT2D eigenvalue weighted by Crippen LogP contribution is -2.47. The number of hydrogen-bond acceptors (Lipinski definition) is 3. The zero-order chi connectivity index (χ0) is 14.7. The molecule has 3 atom stereocenters. The number of rotatable bonds is 4. The molecular weight excluding hydrogens is 262 g/mol. The first-order chi connectivity index (χ1) is 10.3. The highest BCUT2D eigenvalue weighted by molar-refractivity contribution is 5.32. The average molecular weight is 289 g/mol. The van der Waals surface area contributed by atoms with E-state index in [2.05, 4.69) is 36.1 Å². The van der Waals surface area contributed by atoms with E-state index in [-0.39, 0.29) is 12.2 Å². The lowest BCUT2D eigenvalue weighted by Gasteiger charge is -2.36. The molecule has 1 heterocycles. The molecule has 0 aromatic heterocycles. The number of likely N-dealkylation sites (N-methyl/N-ethyl adjacent to an activating group) is 1. The Morgan fingerprint density at radius 1 is 1.38 bits per heavy atom. The Bertz CT molecular complexity index is 462. The first-order valence-corrected chi connectivity index (χ1v) is 8.37. The van der Waals surface area contributed by atoms with Crippen molar-refractivity contribution >= 4 is 0 Å². The molecule has 1 aliphatic carbocycles. The smallest absolute Gasteiger partial charge is 0.0961 e. The van der Waals surface area contributed by atoms with Crippen LogP contribution in [0.15, 0.2) is 24.3 Å². The first kappa shape index (κ1) is 15.0. The summed E-state index contributed by atoms with van der Waals surface area (Å²) < 4.78 is 5.81. The van der Waals surface area contributed by atoms with Crippen molar-refractivity contribution in [2.45, 2.75) is 50.7 Å². The fourth-order valence-corrected chi connectivity index (χ4v) is 3.79. The number of hydrogen-bond donors (Lipinski definition) is 1. The van der Waals surface area contributed by atoms with E-state index >= 15 is 0 Å². The summed E-state index contributed by atoms with van der Waals surface area (Å²) in [4.78, 5) is 2.37. The maximum Gasteiger partial charge on any atom is 0.0961 e. The largest absolute Gasteiger partial charge is 0.390 e. The Kier molecular flexibility index (Phi) is 4.94. The number of aliphatic hydroxyl groups excluding tert-OH is 1. The molecule has 0 amide bonds. The molecule has 3 rings (SSSR count). The monoisotopic (exact) mass is 289 g/mol. The normalized spacial score (nSPS) is 28.1. The van der Waals surface area contributed by atoms with Gasteiger partial charge in [0.2, 0.25) is 0 Å². The van der Waals surface area contributed by atoms with Crippen LogP contribution in [-0.4, -0.2) is 48.5 Å². The summed E-state index contributed by atoms with van der Waals surface area (Å²) in [5, 5.41) is 10.6. The predicted molar refractivity (Wildman–Crippen MR) is 84.6 cm³/mol. The molecule has 0 bridgehead atoms. The summed E-state index contributed by atoms with van der Waals surface area (Å²) in [6.45, 7) is 5.82. The van der Waals surface area contributed by atoms with Crippen LogP contribution in [0.1, 0.15) is 43.2 Å². The molecule has 3 heteroatoms. The van der Waals surface area contributed by atoms with Crippen LogP contribution in [0.3, 0.4) is 0 Å². The standard InChI is InChI=1S/C18H27NO2/c1-2-19-10-11-21-18(13-19)17(20)12-15-8-5-7-14-6-3-4-9-16(14)15/h3-4,6,9,15,17-18,20H,2,5,7-8,10-13H2,1H3. The lowest BCUT2D eigenvalue weighted by molar-refractivity contribution is -0.0911. The molecular formula is C18H27NO2. The molecule has 2 aliphatic rings. The minimum absolute atomic E-state index is 0.0206. The van der Waals surface area contributed by atoms with E-state index in [1.165, 1.54) is 30.4 Å². The number of benzene rings is 1. The fourth-order valence-electron chi connectivity index (χ4n) is 3.79. The summed E-state index contributed by atoms with van der Waals surface area (Å²) >= 11 is 0. The number of nitrogens with zero attached hydrogens (tertiary/aromatic N) is 1. The Labute approximate surface area is 127 Å². The zero-order valence-corrected chi connectivity index (χ0v) is 13.0. The SMILES string of the molecule is CCN1CCOC(C(O)CC2CCCc3ccccc32)C1. The molecule has 3 unspecified atom stereocenters. The Hall–Kier alpha value is -0.900. The van der Waals surface area contributed by atoms with Crippen LogP contribution in [0.5, 0.6) is 0 Å². The van der Waals surface area contributed by atoms with Gasteiger partial charge >= 0.3 is 0 Å². The van der Waals surface area contributed by atoms with Crippen molar-refractivity contribution in [1.29, 1.82) is 0 Å². The van der Waals surface area contributed by atoms with Crippen molar-refractivity contribution < 1.29 is 9.84 Å². The highest BCUT2D eigenvalue weighted by atomic mass is 16.5. The van der Waals surface area contributed by atoms with Crippen LogP contribution in [0, 0.1) is 0 Å². The Morgan fingerprint density at radius 2 is 2.24 bits per heavy atom. The van der Waals surface area contributed by atoms with Gasteiger partial charge in [-0.15, -0.1) is 0 Å². The summed E-state index contributed by atoms with van der Waals surface area (Å²) in [7, 11) is 0. The number of ether oxygens (including phenoxy) is 1. The van der Waals surface area contributed by atoms with Crippen molar-refractivity contribution in [2.75, 3.05) is 26.2 Å². The molecule has 1 aromatic carbocycles. The quantitative estimate of drug-likeness (QED) is 0.925. The van der Waals surface area contributed by atoms with Gasteiger partial charge in [-0.2, -0.15) is 0 Å². The number of aliphatic hydroxyl groups is 1. The minimum Gasteiger partial charge on any atom is -0.390 e. The van der Waals surface area contributed by atoms with E-state index < -0.39 is 0 Å². The van der Waals surface area contributed by atoms with Gasteiger partial charge in [-0.3, -0.25) is 4.90 Å². The van der Waals surface area contributed by atoms with Crippen LogP contribution in [0.25, 0.3) is 0 Å². The molecule has 1 saturated heterocycles. The Morgan fingerprint density at radius 3 is 3.10 bits per heavy atom. The maximum atomic E-state index is 10.6. The molecule has 0 spiro atoms. The molecule has 1 N–H and O–H groups in total. The van der Waals surface area contributed by atoms with Gasteiger partial charge in [0.1, 0.15) is 0 Å². The van der Waals surface area contributed by atoms with Gasteiger partial charge < -0.3 is 9.84 Å². The van der Waals surface area contributed by atoms with Gasteiger partial charge in [-0.1, -0.05) is 31.2 Å². The minimum atomic E-state index is -0.351. The third kappa shape index (κ3) is 3.47. The third-order valence-corrected chi connectivity index (χ3v) is 5.07. The van der Waals surface area contributed by atoms with Gasteiger partial charge in [-0.05, 0) is 49.3 Å². The Balaban J connectivity index is 1.64. The van der Waals surface area contributed by atoms with Crippen LogP contribution >= 0.6 is 0 Å². The second kappa shape index (κ2) is 6.91. The van der Waals surface area contributed by atoms with Crippen LogP contribution in [-0.2, 0) is 11.2 Å². The fraction of sp³-hybridized carbons (Fsp3) is 0.667. The van der Waals surface area contributed by atoms with Crippen molar-refractivity contribution in [1.82, 2.24) is 4.90 Å². The number of fused-ring (bicyclic) bond motifs is 1. The third-order valence-electron chi connectivity index (χ3n) is 5.07. The zero-order valence-electron chi connectivity index (χ0n) is 13.0. The molecule has 116 valence electrons. The molecule has 1 fully saturated rings. The maximum absolute atomic E-state index is 10.6. The summed E-state index contributed by atoms with van der Waals surface area (Å²) in [5.41, 5.74) is 2.92. The van der Waals surface area contributed by atoms with Crippen LogP contribution in [0.2, 0.25) is 0 Å². The predicted octanol–water partition coefficient (Wildman–Crippen LogP) is 2.58. The summed E-state index contributed by atoms with van der Waals surface area (Å²) in [6.07, 6.45) is 4.08. The van der Waals surface area contributed by atoms with Crippen molar-refractivity contribution in [3.63, 3.8) is 0 Å².